The Hall–Kier alpha value is -1.35. The van der Waals surface area contributed by atoms with E-state index in [1.54, 1.807) is 6.07 Å². The average Bonchev–Trinajstić information content (AvgIpc) is 2.81. The van der Waals surface area contributed by atoms with Crippen LogP contribution in [-0.4, -0.2) is 6.54 Å². The van der Waals surface area contributed by atoms with Crippen LogP contribution in [0.5, 0.6) is 0 Å². The molecule has 1 heterocycles. The van der Waals surface area contributed by atoms with Gasteiger partial charge < -0.3 is 9.73 Å². The van der Waals surface area contributed by atoms with E-state index >= 15 is 0 Å². The predicted molar refractivity (Wildman–Crippen MR) is 81.3 cm³/mol. The van der Waals surface area contributed by atoms with Crippen molar-refractivity contribution in [3.8, 4) is 0 Å². The number of furan rings is 1. The summed E-state index contributed by atoms with van der Waals surface area (Å²) in [7, 11) is 0. The molecular weight excluding hydrogens is 253 g/mol. The molecule has 0 saturated heterocycles. The van der Waals surface area contributed by atoms with Gasteiger partial charge in [-0.05, 0) is 49.1 Å². The van der Waals surface area contributed by atoms with Crippen LogP contribution in [0, 0.1) is 11.2 Å². The van der Waals surface area contributed by atoms with E-state index in [1.165, 1.54) is 12.1 Å². The second kappa shape index (κ2) is 5.96. The lowest BCUT2D eigenvalue weighted by molar-refractivity contribution is 0.209. The molecule has 1 atom stereocenters. The van der Waals surface area contributed by atoms with Crippen LogP contribution in [0.3, 0.4) is 0 Å². The molecule has 0 fully saturated rings. The van der Waals surface area contributed by atoms with Gasteiger partial charge in [0.25, 0.3) is 0 Å². The molecule has 2 nitrogen and oxygen atoms in total. The molecule has 2 aromatic rings. The minimum atomic E-state index is -0.224. The Labute approximate surface area is 120 Å². The van der Waals surface area contributed by atoms with Crippen molar-refractivity contribution >= 4 is 11.0 Å². The number of halogens is 1. The van der Waals surface area contributed by atoms with Crippen molar-refractivity contribution < 1.29 is 8.81 Å². The van der Waals surface area contributed by atoms with Gasteiger partial charge in [0.1, 0.15) is 17.2 Å². The molecule has 0 bridgehead atoms. The van der Waals surface area contributed by atoms with Crippen LogP contribution in [0.4, 0.5) is 4.39 Å². The molecule has 2 rings (SSSR count). The third-order valence-corrected chi connectivity index (χ3v) is 4.07. The lowest BCUT2D eigenvalue weighted by Gasteiger charge is -2.32. The fourth-order valence-electron chi connectivity index (χ4n) is 2.43. The van der Waals surface area contributed by atoms with Crippen LogP contribution < -0.4 is 5.32 Å². The summed E-state index contributed by atoms with van der Waals surface area (Å²) >= 11 is 0. The van der Waals surface area contributed by atoms with Gasteiger partial charge >= 0.3 is 0 Å². The average molecular weight is 277 g/mol. The van der Waals surface area contributed by atoms with Crippen LogP contribution >= 0.6 is 0 Å². The number of rotatable bonds is 6. The fourth-order valence-corrected chi connectivity index (χ4v) is 2.43. The Morgan fingerprint density at radius 1 is 1.25 bits per heavy atom. The van der Waals surface area contributed by atoms with Crippen molar-refractivity contribution in [2.75, 3.05) is 6.54 Å². The highest BCUT2D eigenvalue weighted by molar-refractivity contribution is 5.78. The highest BCUT2D eigenvalue weighted by Gasteiger charge is 2.31. The van der Waals surface area contributed by atoms with Crippen molar-refractivity contribution in [2.24, 2.45) is 5.41 Å². The largest absolute Gasteiger partial charge is 0.459 e. The Morgan fingerprint density at radius 2 is 2.00 bits per heavy atom. The van der Waals surface area contributed by atoms with Gasteiger partial charge in [-0.1, -0.05) is 27.7 Å². The summed E-state index contributed by atoms with van der Waals surface area (Å²) in [5.74, 6) is 0.670. The fraction of sp³-hybridized carbons (Fsp3) is 0.529. The van der Waals surface area contributed by atoms with E-state index in [4.69, 9.17) is 4.42 Å². The first-order valence-corrected chi connectivity index (χ1v) is 7.40. The van der Waals surface area contributed by atoms with Gasteiger partial charge in [-0.15, -0.1) is 0 Å². The van der Waals surface area contributed by atoms with Crippen LogP contribution in [0.1, 0.15) is 52.3 Å². The summed E-state index contributed by atoms with van der Waals surface area (Å²) in [6, 6.07) is 6.77. The molecule has 20 heavy (non-hydrogen) atoms. The Morgan fingerprint density at radius 3 is 2.65 bits per heavy atom. The molecule has 0 saturated carbocycles. The number of hydrogen-bond donors (Lipinski definition) is 1. The lowest BCUT2D eigenvalue weighted by atomic mass is 9.80. The van der Waals surface area contributed by atoms with Gasteiger partial charge in [-0.3, -0.25) is 0 Å². The molecule has 3 heteroatoms. The maximum absolute atomic E-state index is 13.3. The predicted octanol–water partition coefficient (Wildman–Crippen LogP) is 5.05. The smallest absolute Gasteiger partial charge is 0.134 e. The standard InChI is InChI=1S/C17H24FNO/c1-5-9-19-16(17(3,4)6-2)15-11-12-10-13(18)7-8-14(12)20-15/h7-8,10-11,16,19H,5-6,9H2,1-4H3. The monoisotopic (exact) mass is 277 g/mol. The van der Waals surface area contributed by atoms with Crippen LogP contribution in [0.2, 0.25) is 0 Å². The third-order valence-electron chi connectivity index (χ3n) is 4.07. The molecule has 0 aliphatic carbocycles. The van der Waals surface area contributed by atoms with E-state index < -0.39 is 0 Å². The molecule has 1 aromatic heterocycles. The lowest BCUT2D eigenvalue weighted by Crippen LogP contribution is -2.34. The minimum Gasteiger partial charge on any atom is -0.459 e. The summed E-state index contributed by atoms with van der Waals surface area (Å²) in [6.07, 6.45) is 2.12. The van der Waals surface area contributed by atoms with Gasteiger partial charge in [-0.25, -0.2) is 4.39 Å². The van der Waals surface area contributed by atoms with Gasteiger partial charge in [0, 0.05) is 5.39 Å². The summed E-state index contributed by atoms with van der Waals surface area (Å²) in [5, 5.41) is 4.39. The SMILES string of the molecule is CCCNC(c1cc2cc(F)ccc2o1)C(C)(C)CC. The number of hydrogen-bond acceptors (Lipinski definition) is 2. The first-order chi connectivity index (χ1) is 9.47. The Bertz CT molecular complexity index is 573. The quantitative estimate of drug-likeness (QED) is 0.799. The molecule has 1 N–H and O–H groups in total. The minimum absolute atomic E-state index is 0.0849. The molecule has 1 aromatic carbocycles. The molecule has 0 aliphatic heterocycles. The van der Waals surface area contributed by atoms with Gasteiger partial charge in [0.2, 0.25) is 0 Å². The summed E-state index contributed by atoms with van der Waals surface area (Å²) < 4.78 is 19.2. The van der Waals surface area contributed by atoms with E-state index in [0.717, 1.165) is 36.1 Å². The number of fused-ring (bicyclic) bond motifs is 1. The van der Waals surface area contributed by atoms with Gasteiger partial charge in [0.15, 0.2) is 0 Å². The zero-order valence-corrected chi connectivity index (χ0v) is 12.8. The molecule has 1 unspecified atom stereocenters. The molecule has 0 aliphatic rings. The molecule has 0 radical (unpaired) electrons. The maximum Gasteiger partial charge on any atom is 0.134 e. The van der Waals surface area contributed by atoms with Crippen LogP contribution in [-0.2, 0) is 0 Å². The van der Waals surface area contributed by atoms with Crippen molar-refractivity contribution in [3.05, 3.63) is 35.8 Å². The second-order valence-corrected chi connectivity index (χ2v) is 6.06. The Balaban J connectivity index is 2.39. The van der Waals surface area contributed by atoms with Crippen LogP contribution in [0.25, 0.3) is 11.0 Å². The van der Waals surface area contributed by atoms with Crippen molar-refractivity contribution in [2.45, 2.75) is 46.6 Å². The highest BCUT2D eigenvalue weighted by Crippen LogP contribution is 2.38. The van der Waals surface area contributed by atoms with Crippen molar-refractivity contribution in [1.29, 1.82) is 0 Å². The van der Waals surface area contributed by atoms with Crippen LogP contribution in [0.15, 0.2) is 28.7 Å². The normalized spacial score (nSPS) is 13.8. The second-order valence-electron chi connectivity index (χ2n) is 6.06. The zero-order chi connectivity index (χ0) is 14.8. The maximum atomic E-state index is 13.3. The van der Waals surface area contributed by atoms with E-state index in [1.807, 2.05) is 6.07 Å². The molecule has 110 valence electrons. The third kappa shape index (κ3) is 3.04. The van der Waals surface area contributed by atoms with E-state index in [0.29, 0.717) is 0 Å². The molecule has 0 amide bonds. The first-order valence-electron chi connectivity index (χ1n) is 7.40. The summed E-state index contributed by atoms with van der Waals surface area (Å²) in [5.41, 5.74) is 0.832. The summed E-state index contributed by atoms with van der Waals surface area (Å²) in [4.78, 5) is 0. The Kier molecular flexibility index (Phi) is 4.48. The van der Waals surface area contributed by atoms with Gasteiger partial charge in [-0.2, -0.15) is 0 Å². The van der Waals surface area contributed by atoms with E-state index in [2.05, 4.69) is 33.0 Å². The number of benzene rings is 1. The van der Waals surface area contributed by atoms with Crippen molar-refractivity contribution in [1.82, 2.24) is 5.32 Å². The van der Waals surface area contributed by atoms with E-state index in [9.17, 15) is 4.39 Å². The topological polar surface area (TPSA) is 25.2 Å². The summed E-state index contributed by atoms with van der Waals surface area (Å²) in [6.45, 7) is 9.74. The first kappa shape index (κ1) is 15.0. The number of nitrogens with one attached hydrogen (secondary N) is 1. The molecule has 0 spiro atoms. The molecular formula is C17H24FNO. The van der Waals surface area contributed by atoms with E-state index in [-0.39, 0.29) is 17.3 Å². The zero-order valence-electron chi connectivity index (χ0n) is 12.8. The van der Waals surface area contributed by atoms with Gasteiger partial charge in [0.05, 0.1) is 6.04 Å². The highest BCUT2D eigenvalue weighted by atomic mass is 19.1. The van der Waals surface area contributed by atoms with Crippen molar-refractivity contribution in [3.63, 3.8) is 0 Å².